The number of rotatable bonds is 6. The van der Waals surface area contributed by atoms with Gasteiger partial charge in [-0.15, -0.1) is 0 Å². The monoisotopic (exact) mass is 355 g/mol. The van der Waals surface area contributed by atoms with Gasteiger partial charge in [-0.05, 0) is 44.2 Å². The van der Waals surface area contributed by atoms with Crippen molar-refractivity contribution in [3.8, 4) is 0 Å². The maximum Gasteiger partial charge on any atom is 0.337 e. The summed E-state index contributed by atoms with van der Waals surface area (Å²) in [5.41, 5.74) is 1.55. The molecule has 1 aromatic heterocycles. The summed E-state index contributed by atoms with van der Waals surface area (Å²) in [5.74, 6) is -1.01. The predicted molar refractivity (Wildman–Crippen MR) is 97.2 cm³/mol. The van der Waals surface area contributed by atoms with E-state index in [9.17, 15) is 14.4 Å². The van der Waals surface area contributed by atoms with Gasteiger partial charge in [0.25, 0.3) is 11.8 Å². The molecule has 26 heavy (non-hydrogen) atoms. The molecule has 0 saturated heterocycles. The Hall–Kier alpha value is -3.22. The molecule has 0 spiro atoms. The zero-order valence-corrected chi connectivity index (χ0v) is 15.0. The Morgan fingerprint density at radius 3 is 2.19 bits per heavy atom. The van der Waals surface area contributed by atoms with Gasteiger partial charge in [0.1, 0.15) is 0 Å². The third-order valence-corrected chi connectivity index (χ3v) is 3.86. The number of benzene rings is 1. The number of ether oxygens (including phenoxy) is 1. The summed E-state index contributed by atoms with van der Waals surface area (Å²) in [5, 5.41) is 2.71. The zero-order valence-electron chi connectivity index (χ0n) is 15.0. The largest absolute Gasteiger partial charge is 0.465 e. The van der Waals surface area contributed by atoms with E-state index < -0.39 is 11.9 Å². The summed E-state index contributed by atoms with van der Waals surface area (Å²) < 4.78 is 4.63. The highest BCUT2D eigenvalue weighted by Gasteiger charge is 2.15. The molecule has 0 saturated carbocycles. The smallest absolute Gasteiger partial charge is 0.337 e. The molecule has 0 radical (unpaired) electrons. The van der Waals surface area contributed by atoms with E-state index in [1.54, 1.807) is 29.2 Å². The first-order valence-corrected chi connectivity index (χ1v) is 8.24. The number of aromatic nitrogens is 1. The molecule has 2 aromatic rings. The van der Waals surface area contributed by atoms with Gasteiger partial charge in [-0.2, -0.15) is 0 Å². The number of esters is 1. The van der Waals surface area contributed by atoms with E-state index >= 15 is 0 Å². The number of anilines is 1. The topological polar surface area (TPSA) is 88.6 Å². The normalized spacial score (nSPS) is 10.1. The molecule has 0 atom stereocenters. The van der Waals surface area contributed by atoms with Crippen LogP contribution < -0.4 is 5.32 Å². The van der Waals surface area contributed by atoms with Crippen LogP contribution in [0.3, 0.4) is 0 Å². The number of carbonyl (C=O) groups excluding carboxylic acids is 3. The molecule has 0 unspecified atom stereocenters. The SMILES string of the molecule is CCN(CC)C(=O)c1cncc(C(=O)Nc2ccc(C(=O)OC)cc2)c1. The Bertz CT molecular complexity index is 799. The second kappa shape index (κ2) is 8.75. The summed E-state index contributed by atoms with van der Waals surface area (Å²) in [4.78, 5) is 41.9. The van der Waals surface area contributed by atoms with Crippen molar-refractivity contribution in [3.63, 3.8) is 0 Å². The number of methoxy groups -OCH3 is 1. The first-order chi connectivity index (χ1) is 12.5. The minimum Gasteiger partial charge on any atom is -0.465 e. The molecular weight excluding hydrogens is 334 g/mol. The molecule has 0 aliphatic rings. The van der Waals surface area contributed by atoms with Gasteiger partial charge in [0.2, 0.25) is 0 Å². The minimum absolute atomic E-state index is 0.167. The van der Waals surface area contributed by atoms with Crippen LogP contribution in [0, 0.1) is 0 Å². The maximum atomic E-state index is 12.4. The summed E-state index contributed by atoms with van der Waals surface area (Å²) in [6.45, 7) is 4.95. The van der Waals surface area contributed by atoms with Gasteiger partial charge >= 0.3 is 5.97 Å². The Balaban J connectivity index is 2.14. The van der Waals surface area contributed by atoms with E-state index in [0.717, 1.165) is 0 Å². The van der Waals surface area contributed by atoms with E-state index in [1.165, 1.54) is 25.6 Å². The maximum absolute atomic E-state index is 12.4. The molecule has 0 bridgehead atoms. The van der Waals surface area contributed by atoms with Gasteiger partial charge in [0.15, 0.2) is 0 Å². The summed E-state index contributed by atoms with van der Waals surface area (Å²) in [6.07, 6.45) is 2.85. The number of hydrogen-bond donors (Lipinski definition) is 1. The van der Waals surface area contributed by atoms with Crippen molar-refractivity contribution in [3.05, 3.63) is 59.4 Å². The molecule has 1 aromatic carbocycles. The van der Waals surface area contributed by atoms with Crippen molar-refractivity contribution in [2.45, 2.75) is 13.8 Å². The first-order valence-electron chi connectivity index (χ1n) is 8.24. The average Bonchev–Trinajstić information content (AvgIpc) is 2.68. The van der Waals surface area contributed by atoms with Gasteiger partial charge < -0.3 is 15.0 Å². The lowest BCUT2D eigenvalue weighted by molar-refractivity contribution is 0.0600. The molecule has 136 valence electrons. The van der Waals surface area contributed by atoms with Crippen LogP contribution in [0.25, 0.3) is 0 Å². The average molecular weight is 355 g/mol. The van der Waals surface area contributed by atoms with Gasteiger partial charge in [0.05, 0.1) is 23.8 Å². The van der Waals surface area contributed by atoms with Crippen molar-refractivity contribution < 1.29 is 19.1 Å². The second-order valence-corrected chi connectivity index (χ2v) is 5.46. The van der Waals surface area contributed by atoms with Crippen LogP contribution in [-0.4, -0.2) is 47.9 Å². The number of hydrogen-bond acceptors (Lipinski definition) is 5. The van der Waals surface area contributed by atoms with E-state index in [4.69, 9.17) is 0 Å². The Morgan fingerprint density at radius 1 is 1.00 bits per heavy atom. The van der Waals surface area contributed by atoms with Crippen LogP contribution in [0.1, 0.15) is 44.9 Å². The molecule has 7 heteroatoms. The quantitative estimate of drug-likeness (QED) is 0.805. The molecule has 2 amide bonds. The van der Waals surface area contributed by atoms with Crippen molar-refractivity contribution in [2.75, 3.05) is 25.5 Å². The molecule has 7 nitrogen and oxygen atoms in total. The van der Waals surface area contributed by atoms with Crippen LogP contribution in [0.5, 0.6) is 0 Å². The number of pyridine rings is 1. The highest BCUT2D eigenvalue weighted by molar-refractivity contribution is 6.06. The van der Waals surface area contributed by atoms with Crippen molar-refractivity contribution in [1.29, 1.82) is 0 Å². The highest BCUT2D eigenvalue weighted by Crippen LogP contribution is 2.13. The summed E-state index contributed by atoms with van der Waals surface area (Å²) in [7, 11) is 1.30. The fourth-order valence-electron chi connectivity index (χ4n) is 2.39. The van der Waals surface area contributed by atoms with Gasteiger partial charge in [-0.1, -0.05) is 0 Å². The van der Waals surface area contributed by atoms with Crippen LogP contribution in [0.2, 0.25) is 0 Å². The molecule has 0 aliphatic carbocycles. The number of nitrogens with one attached hydrogen (secondary N) is 1. The van der Waals surface area contributed by atoms with E-state index in [0.29, 0.717) is 29.9 Å². The number of nitrogens with zero attached hydrogens (tertiary/aromatic N) is 2. The van der Waals surface area contributed by atoms with Crippen LogP contribution >= 0.6 is 0 Å². The molecule has 0 aliphatic heterocycles. The van der Waals surface area contributed by atoms with Crippen molar-refractivity contribution in [2.24, 2.45) is 0 Å². The van der Waals surface area contributed by atoms with E-state index in [1.807, 2.05) is 13.8 Å². The van der Waals surface area contributed by atoms with Crippen molar-refractivity contribution >= 4 is 23.5 Å². The van der Waals surface area contributed by atoms with Crippen LogP contribution in [-0.2, 0) is 4.74 Å². The van der Waals surface area contributed by atoms with Gasteiger partial charge in [0, 0.05) is 31.2 Å². The molecule has 0 fully saturated rings. The number of carbonyl (C=O) groups is 3. The zero-order chi connectivity index (χ0) is 19.1. The number of amides is 2. The van der Waals surface area contributed by atoms with E-state index in [2.05, 4.69) is 15.0 Å². The molecule has 1 N–H and O–H groups in total. The molecular formula is C19H21N3O4. The first kappa shape index (κ1) is 19.1. The fourth-order valence-corrected chi connectivity index (χ4v) is 2.39. The van der Waals surface area contributed by atoms with Crippen LogP contribution in [0.4, 0.5) is 5.69 Å². The fraction of sp³-hybridized carbons (Fsp3) is 0.263. The molecule has 1 heterocycles. The van der Waals surface area contributed by atoms with Gasteiger partial charge in [-0.25, -0.2) is 4.79 Å². The lowest BCUT2D eigenvalue weighted by Crippen LogP contribution is -2.30. The Kier molecular flexibility index (Phi) is 6.43. The Labute approximate surface area is 152 Å². The summed E-state index contributed by atoms with van der Waals surface area (Å²) >= 11 is 0. The van der Waals surface area contributed by atoms with E-state index in [-0.39, 0.29) is 11.5 Å². The summed E-state index contributed by atoms with van der Waals surface area (Å²) in [6, 6.07) is 7.83. The lowest BCUT2D eigenvalue weighted by atomic mass is 10.1. The molecule has 2 rings (SSSR count). The van der Waals surface area contributed by atoms with Crippen LogP contribution in [0.15, 0.2) is 42.7 Å². The lowest BCUT2D eigenvalue weighted by Gasteiger charge is -2.18. The third-order valence-electron chi connectivity index (χ3n) is 3.86. The predicted octanol–water partition coefficient (Wildman–Crippen LogP) is 2.60. The minimum atomic E-state index is -0.449. The Morgan fingerprint density at radius 2 is 1.62 bits per heavy atom. The standard InChI is InChI=1S/C19H21N3O4/c1-4-22(5-2)18(24)15-10-14(11-20-12-15)17(23)21-16-8-6-13(7-9-16)19(25)26-3/h6-12H,4-5H2,1-3H3,(H,21,23). The highest BCUT2D eigenvalue weighted by atomic mass is 16.5. The second-order valence-electron chi connectivity index (χ2n) is 5.46. The third kappa shape index (κ3) is 4.44. The van der Waals surface area contributed by atoms with Gasteiger partial charge in [-0.3, -0.25) is 14.6 Å². The van der Waals surface area contributed by atoms with Crippen molar-refractivity contribution in [1.82, 2.24) is 9.88 Å².